The Balaban J connectivity index is 4.16. The van der Waals surface area contributed by atoms with E-state index in [0.29, 0.717) is 6.42 Å². The molecular formula is C9H14N2O4. The SMILES string of the molecule is C=CCCC(=O)NC(CC(N)=O)C(=O)O. The van der Waals surface area contributed by atoms with E-state index in [-0.39, 0.29) is 6.42 Å². The highest BCUT2D eigenvalue weighted by atomic mass is 16.4. The number of amides is 2. The van der Waals surface area contributed by atoms with Crippen molar-refractivity contribution in [1.82, 2.24) is 5.32 Å². The number of carbonyl (C=O) groups is 3. The van der Waals surface area contributed by atoms with Gasteiger partial charge in [-0.1, -0.05) is 6.08 Å². The highest BCUT2D eigenvalue weighted by Crippen LogP contribution is 1.95. The molecule has 0 spiro atoms. The van der Waals surface area contributed by atoms with Crippen molar-refractivity contribution in [2.75, 3.05) is 0 Å². The van der Waals surface area contributed by atoms with E-state index in [9.17, 15) is 14.4 Å². The lowest BCUT2D eigenvalue weighted by molar-refractivity contribution is -0.143. The van der Waals surface area contributed by atoms with Crippen LogP contribution in [0, 0.1) is 0 Å². The molecular weight excluding hydrogens is 200 g/mol. The second-order valence-electron chi connectivity index (χ2n) is 2.96. The molecule has 84 valence electrons. The van der Waals surface area contributed by atoms with Crippen LogP contribution in [0.3, 0.4) is 0 Å². The molecule has 15 heavy (non-hydrogen) atoms. The summed E-state index contributed by atoms with van der Waals surface area (Å²) in [6.07, 6.45) is 1.74. The molecule has 0 aliphatic rings. The predicted molar refractivity (Wildman–Crippen MR) is 52.8 cm³/mol. The van der Waals surface area contributed by atoms with Gasteiger partial charge in [-0.3, -0.25) is 9.59 Å². The maximum atomic E-state index is 11.1. The van der Waals surface area contributed by atoms with Crippen LogP contribution < -0.4 is 11.1 Å². The zero-order chi connectivity index (χ0) is 11.8. The molecule has 1 atom stereocenters. The van der Waals surface area contributed by atoms with Crippen LogP contribution in [0.15, 0.2) is 12.7 Å². The third-order valence-corrected chi connectivity index (χ3v) is 1.61. The van der Waals surface area contributed by atoms with Crippen molar-refractivity contribution in [3.05, 3.63) is 12.7 Å². The monoisotopic (exact) mass is 214 g/mol. The summed E-state index contributed by atoms with van der Waals surface area (Å²) in [5.74, 6) is -2.49. The van der Waals surface area contributed by atoms with E-state index in [1.165, 1.54) is 0 Å². The first-order valence-electron chi connectivity index (χ1n) is 4.38. The molecule has 0 rings (SSSR count). The van der Waals surface area contributed by atoms with E-state index >= 15 is 0 Å². The lowest BCUT2D eigenvalue weighted by atomic mass is 10.2. The van der Waals surface area contributed by atoms with E-state index in [1.54, 1.807) is 6.08 Å². The van der Waals surface area contributed by atoms with Gasteiger partial charge in [-0.05, 0) is 6.42 Å². The van der Waals surface area contributed by atoms with Crippen LogP contribution in [-0.2, 0) is 14.4 Å². The minimum Gasteiger partial charge on any atom is -0.480 e. The lowest BCUT2D eigenvalue weighted by Gasteiger charge is -2.11. The molecule has 1 unspecified atom stereocenters. The molecule has 0 bridgehead atoms. The standard InChI is InChI=1S/C9H14N2O4/c1-2-3-4-8(13)11-6(9(14)15)5-7(10)12/h2,6H,1,3-5H2,(H2,10,12)(H,11,13)(H,14,15). The molecule has 0 aromatic carbocycles. The maximum absolute atomic E-state index is 11.1. The van der Waals surface area contributed by atoms with Gasteiger partial charge in [0.05, 0.1) is 6.42 Å². The molecule has 0 radical (unpaired) electrons. The Hall–Kier alpha value is -1.85. The highest BCUT2D eigenvalue weighted by Gasteiger charge is 2.21. The first kappa shape index (κ1) is 13.2. The molecule has 6 nitrogen and oxygen atoms in total. The summed E-state index contributed by atoms with van der Waals surface area (Å²) in [4.78, 5) is 32.2. The largest absolute Gasteiger partial charge is 0.480 e. The predicted octanol–water partition coefficient (Wildman–Crippen LogP) is -0.603. The van der Waals surface area contributed by atoms with Gasteiger partial charge in [-0.15, -0.1) is 6.58 Å². The quantitative estimate of drug-likeness (QED) is 0.491. The Bertz CT molecular complexity index is 275. The summed E-state index contributed by atoms with van der Waals surface area (Å²) in [5, 5.41) is 10.8. The summed E-state index contributed by atoms with van der Waals surface area (Å²) in [6, 6.07) is -1.25. The van der Waals surface area contributed by atoms with Crippen molar-refractivity contribution >= 4 is 17.8 Å². The summed E-state index contributed by atoms with van der Waals surface area (Å²) in [7, 11) is 0. The van der Waals surface area contributed by atoms with Gasteiger partial charge >= 0.3 is 5.97 Å². The van der Waals surface area contributed by atoms with Crippen molar-refractivity contribution in [2.45, 2.75) is 25.3 Å². The first-order valence-corrected chi connectivity index (χ1v) is 4.38. The number of primary amides is 1. The van der Waals surface area contributed by atoms with Crippen LogP contribution >= 0.6 is 0 Å². The molecule has 0 saturated carbocycles. The molecule has 0 fully saturated rings. The fourth-order valence-electron chi connectivity index (χ4n) is 0.901. The van der Waals surface area contributed by atoms with Crippen molar-refractivity contribution in [3.8, 4) is 0 Å². The number of hydrogen-bond donors (Lipinski definition) is 3. The molecule has 0 aliphatic carbocycles. The van der Waals surface area contributed by atoms with Crippen molar-refractivity contribution in [2.24, 2.45) is 5.73 Å². The zero-order valence-electron chi connectivity index (χ0n) is 8.23. The molecule has 0 heterocycles. The van der Waals surface area contributed by atoms with E-state index in [2.05, 4.69) is 11.9 Å². The molecule has 0 aromatic heterocycles. The molecule has 0 aromatic rings. The Morgan fingerprint density at radius 1 is 1.47 bits per heavy atom. The average molecular weight is 214 g/mol. The van der Waals surface area contributed by atoms with Crippen LogP contribution in [0.25, 0.3) is 0 Å². The van der Waals surface area contributed by atoms with Gasteiger partial charge in [0, 0.05) is 6.42 Å². The summed E-state index contributed by atoms with van der Waals surface area (Å²) >= 11 is 0. The Labute approximate surface area is 87.1 Å². The van der Waals surface area contributed by atoms with Gasteiger partial charge in [0.25, 0.3) is 0 Å². The van der Waals surface area contributed by atoms with Crippen molar-refractivity contribution < 1.29 is 19.5 Å². The summed E-state index contributed by atoms with van der Waals surface area (Å²) < 4.78 is 0. The summed E-state index contributed by atoms with van der Waals surface area (Å²) in [6.45, 7) is 3.42. The smallest absolute Gasteiger partial charge is 0.326 e. The minimum absolute atomic E-state index is 0.145. The number of nitrogens with one attached hydrogen (secondary N) is 1. The van der Waals surface area contributed by atoms with Gasteiger partial charge in [-0.2, -0.15) is 0 Å². The number of rotatable bonds is 7. The van der Waals surface area contributed by atoms with Crippen LogP contribution in [0.1, 0.15) is 19.3 Å². The number of nitrogens with two attached hydrogens (primary N) is 1. The molecule has 0 saturated heterocycles. The summed E-state index contributed by atoms with van der Waals surface area (Å²) in [5.41, 5.74) is 4.84. The number of hydrogen-bond acceptors (Lipinski definition) is 3. The van der Waals surface area contributed by atoms with Crippen LogP contribution in [-0.4, -0.2) is 28.9 Å². The Morgan fingerprint density at radius 3 is 2.47 bits per heavy atom. The normalized spacial score (nSPS) is 11.5. The number of carbonyl (C=O) groups excluding carboxylic acids is 2. The lowest BCUT2D eigenvalue weighted by Crippen LogP contribution is -2.43. The fourth-order valence-corrected chi connectivity index (χ4v) is 0.901. The van der Waals surface area contributed by atoms with Crippen LogP contribution in [0.4, 0.5) is 0 Å². The highest BCUT2D eigenvalue weighted by molar-refractivity contribution is 5.88. The van der Waals surface area contributed by atoms with Crippen LogP contribution in [0.5, 0.6) is 0 Å². The van der Waals surface area contributed by atoms with Crippen LogP contribution in [0.2, 0.25) is 0 Å². The third kappa shape index (κ3) is 6.25. The third-order valence-electron chi connectivity index (χ3n) is 1.61. The van der Waals surface area contributed by atoms with E-state index < -0.39 is 30.2 Å². The van der Waals surface area contributed by atoms with Gasteiger partial charge in [0.1, 0.15) is 6.04 Å². The Kier molecular flexibility index (Phi) is 5.77. The molecule has 2 amide bonds. The number of aliphatic carboxylic acids is 1. The van der Waals surface area contributed by atoms with Gasteiger partial charge in [0.15, 0.2) is 0 Å². The fraction of sp³-hybridized carbons (Fsp3) is 0.444. The topological polar surface area (TPSA) is 109 Å². The van der Waals surface area contributed by atoms with Crippen molar-refractivity contribution in [3.63, 3.8) is 0 Å². The molecule has 0 aliphatic heterocycles. The van der Waals surface area contributed by atoms with Gasteiger partial charge in [0.2, 0.25) is 11.8 Å². The average Bonchev–Trinajstić information content (AvgIpc) is 2.12. The zero-order valence-corrected chi connectivity index (χ0v) is 8.23. The number of carboxylic acid groups (broad SMARTS) is 1. The molecule has 6 heteroatoms. The van der Waals surface area contributed by atoms with Crippen molar-refractivity contribution in [1.29, 1.82) is 0 Å². The minimum atomic E-state index is -1.28. The van der Waals surface area contributed by atoms with E-state index in [1.807, 2.05) is 0 Å². The van der Waals surface area contributed by atoms with E-state index in [4.69, 9.17) is 10.8 Å². The second kappa shape index (κ2) is 6.58. The van der Waals surface area contributed by atoms with Gasteiger partial charge in [-0.25, -0.2) is 4.79 Å². The van der Waals surface area contributed by atoms with Gasteiger partial charge < -0.3 is 16.2 Å². The number of allylic oxidation sites excluding steroid dienone is 1. The number of carboxylic acids is 1. The Morgan fingerprint density at radius 2 is 2.07 bits per heavy atom. The second-order valence-corrected chi connectivity index (χ2v) is 2.96. The first-order chi connectivity index (χ1) is 6.97. The maximum Gasteiger partial charge on any atom is 0.326 e. The van der Waals surface area contributed by atoms with E-state index in [0.717, 1.165) is 0 Å². The molecule has 4 N–H and O–H groups in total.